The van der Waals surface area contributed by atoms with E-state index in [2.05, 4.69) is 10.3 Å². The number of nitrogens with zero attached hydrogens (tertiary/aromatic N) is 2. The predicted octanol–water partition coefficient (Wildman–Crippen LogP) is 2.17. The van der Waals surface area contributed by atoms with Crippen LogP contribution in [0.3, 0.4) is 0 Å². The highest BCUT2D eigenvalue weighted by molar-refractivity contribution is 5.94. The Labute approximate surface area is 129 Å². The van der Waals surface area contributed by atoms with Crippen molar-refractivity contribution in [3.05, 3.63) is 42.7 Å². The van der Waals surface area contributed by atoms with Crippen LogP contribution in [-0.4, -0.2) is 38.7 Å². The van der Waals surface area contributed by atoms with E-state index in [1.54, 1.807) is 43.6 Å². The molecule has 0 saturated heterocycles. The van der Waals surface area contributed by atoms with Crippen molar-refractivity contribution in [2.75, 3.05) is 38.0 Å². The van der Waals surface area contributed by atoms with E-state index in [1.807, 2.05) is 25.2 Å². The molecule has 0 aliphatic heterocycles. The van der Waals surface area contributed by atoms with Crippen molar-refractivity contribution in [3.63, 3.8) is 0 Å². The number of anilines is 2. The second-order valence-corrected chi connectivity index (χ2v) is 4.68. The number of likely N-dealkylation sites (N-methyl/N-ethyl adjacent to an activating group) is 1. The number of carbonyl (C=O) groups excluding carboxylic acids is 1. The minimum absolute atomic E-state index is 0.139. The van der Waals surface area contributed by atoms with E-state index in [1.165, 1.54) is 0 Å². The quantitative estimate of drug-likeness (QED) is 0.886. The number of hydrogen-bond acceptors (Lipinski definition) is 5. The third kappa shape index (κ3) is 3.88. The van der Waals surface area contributed by atoms with Crippen LogP contribution in [0.15, 0.2) is 42.7 Å². The molecule has 0 atom stereocenters. The summed E-state index contributed by atoms with van der Waals surface area (Å²) in [6.45, 7) is 0.179. The molecule has 2 rings (SSSR count). The Morgan fingerprint density at radius 3 is 2.73 bits per heavy atom. The molecule has 1 amide bonds. The van der Waals surface area contributed by atoms with Crippen LogP contribution in [-0.2, 0) is 4.79 Å². The van der Waals surface area contributed by atoms with Crippen molar-refractivity contribution in [1.82, 2.24) is 4.98 Å². The minimum atomic E-state index is -0.139. The molecule has 22 heavy (non-hydrogen) atoms. The highest BCUT2D eigenvalue weighted by Gasteiger charge is 2.13. The number of hydrogen-bond donors (Lipinski definition) is 1. The summed E-state index contributed by atoms with van der Waals surface area (Å²) >= 11 is 0. The standard InChI is InChI=1S/C16H19N3O3/c1-19(11-16(20)18-12-5-4-8-17-10-12)14-9-13(21-2)6-7-15(14)22-3/h4-10H,11H2,1-3H3,(H,18,20). The molecule has 116 valence electrons. The normalized spacial score (nSPS) is 9.95. The summed E-state index contributed by atoms with van der Waals surface area (Å²) in [5, 5.41) is 2.79. The van der Waals surface area contributed by atoms with Crippen molar-refractivity contribution in [3.8, 4) is 11.5 Å². The Hall–Kier alpha value is -2.76. The highest BCUT2D eigenvalue weighted by atomic mass is 16.5. The smallest absolute Gasteiger partial charge is 0.243 e. The van der Waals surface area contributed by atoms with Gasteiger partial charge in [0, 0.05) is 19.3 Å². The van der Waals surface area contributed by atoms with E-state index in [9.17, 15) is 4.79 Å². The third-order valence-electron chi connectivity index (χ3n) is 3.12. The fourth-order valence-corrected chi connectivity index (χ4v) is 2.03. The van der Waals surface area contributed by atoms with Gasteiger partial charge in [-0.05, 0) is 24.3 Å². The number of amides is 1. The van der Waals surface area contributed by atoms with Gasteiger partial charge in [0.15, 0.2) is 0 Å². The molecular weight excluding hydrogens is 282 g/mol. The Balaban J connectivity index is 2.08. The van der Waals surface area contributed by atoms with Gasteiger partial charge in [-0.2, -0.15) is 0 Å². The lowest BCUT2D eigenvalue weighted by Gasteiger charge is -2.21. The summed E-state index contributed by atoms with van der Waals surface area (Å²) in [4.78, 5) is 17.9. The van der Waals surface area contributed by atoms with Crippen LogP contribution in [0.5, 0.6) is 11.5 Å². The molecule has 0 saturated carbocycles. The fourth-order valence-electron chi connectivity index (χ4n) is 2.03. The van der Waals surface area contributed by atoms with Gasteiger partial charge in [0.25, 0.3) is 0 Å². The molecule has 1 aromatic heterocycles. The average Bonchev–Trinajstić information content (AvgIpc) is 2.54. The number of benzene rings is 1. The highest BCUT2D eigenvalue weighted by Crippen LogP contribution is 2.31. The van der Waals surface area contributed by atoms with Crippen LogP contribution in [0.1, 0.15) is 0 Å². The topological polar surface area (TPSA) is 63.7 Å². The largest absolute Gasteiger partial charge is 0.497 e. The van der Waals surface area contributed by atoms with Crippen molar-refractivity contribution in [1.29, 1.82) is 0 Å². The molecule has 0 spiro atoms. The lowest BCUT2D eigenvalue weighted by atomic mass is 10.2. The summed E-state index contributed by atoms with van der Waals surface area (Å²) in [7, 11) is 5.01. The van der Waals surface area contributed by atoms with E-state index in [-0.39, 0.29) is 12.5 Å². The van der Waals surface area contributed by atoms with Crippen LogP contribution in [0.25, 0.3) is 0 Å². The second-order valence-electron chi connectivity index (χ2n) is 4.68. The molecule has 6 nitrogen and oxygen atoms in total. The van der Waals surface area contributed by atoms with Gasteiger partial charge in [-0.1, -0.05) is 0 Å². The molecule has 1 N–H and O–H groups in total. The molecule has 0 aliphatic carbocycles. The van der Waals surface area contributed by atoms with Crippen LogP contribution < -0.4 is 19.7 Å². The third-order valence-corrected chi connectivity index (χ3v) is 3.12. The number of methoxy groups -OCH3 is 2. The monoisotopic (exact) mass is 301 g/mol. The zero-order valence-corrected chi connectivity index (χ0v) is 12.9. The van der Waals surface area contributed by atoms with Crippen LogP contribution in [0.4, 0.5) is 11.4 Å². The van der Waals surface area contributed by atoms with Gasteiger partial charge in [0.05, 0.1) is 38.3 Å². The molecule has 1 aromatic carbocycles. The molecular formula is C16H19N3O3. The molecule has 0 radical (unpaired) electrons. The van der Waals surface area contributed by atoms with Crippen molar-refractivity contribution >= 4 is 17.3 Å². The first-order valence-electron chi connectivity index (χ1n) is 6.77. The van der Waals surface area contributed by atoms with Crippen molar-refractivity contribution in [2.45, 2.75) is 0 Å². The number of rotatable bonds is 6. The minimum Gasteiger partial charge on any atom is -0.497 e. The van der Waals surface area contributed by atoms with Gasteiger partial charge in [0.2, 0.25) is 5.91 Å². The van der Waals surface area contributed by atoms with E-state index >= 15 is 0 Å². The first-order chi connectivity index (χ1) is 10.6. The molecule has 6 heteroatoms. The maximum absolute atomic E-state index is 12.1. The first-order valence-corrected chi connectivity index (χ1v) is 6.77. The number of nitrogens with one attached hydrogen (secondary N) is 1. The Kier molecular flexibility index (Phi) is 5.19. The first kappa shape index (κ1) is 15.6. The molecule has 1 heterocycles. The Morgan fingerprint density at radius 1 is 1.27 bits per heavy atom. The average molecular weight is 301 g/mol. The van der Waals surface area contributed by atoms with E-state index < -0.39 is 0 Å². The maximum atomic E-state index is 12.1. The Morgan fingerprint density at radius 2 is 2.09 bits per heavy atom. The second kappa shape index (κ2) is 7.31. The molecule has 0 unspecified atom stereocenters. The summed E-state index contributed by atoms with van der Waals surface area (Å²) in [5.74, 6) is 1.24. The molecule has 2 aromatic rings. The lowest BCUT2D eigenvalue weighted by molar-refractivity contribution is -0.114. The van der Waals surface area contributed by atoms with E-state index in [4.69, 9.17) is 9.47 Å². The predicted molar refractivity (Wildman–Crippen MR) is 85.7 cm³/mol. The van der Waals surface area contributed by atoms with Crippen LogP contribution in [0.2, 0.25) is 0 Å². The summed E-state index contributed by atoms with van der Waals surface area (Å²) in [6, 6.07) is 9.01. The molecule has 0 bridgehead atoms. The summed E-state index contributed by atoms with van der Waals surface area (Å²) < 4.78 is 10.5. The van der Waals surface area contributed by atoms with Crippen LogP contribution in [0, 0.1) is 0 Å². The van der Waals surface area contributed by atoms with Gasteiger partial charge in [-0.3, -0.25) is 9.78 Å². The lowest BCUT2D eigenvalue weighted by Crippen LogP contribution is -2.30. The van der Waals surface area contributed by atoms with Gasteiger partial charge < -0.3 is 19.7 Å². The Bertz CT molecular complexity index is 632. The van der Waals surface area contributed by atoms with Gasteiger partial charge >= 0.3 is 0 Å². The number of pyridine rings is 1. The number of ether oxygens (including phenoxy) is 2. The molecule has 0 fully saturated rings. The molecule has 0 aliphatic rings. The fraction of sp³-hybridized carbons (Fsp3) is 0.250. The zero-order valence-electron chi connectivity index (χ0n) is 12.9. The van der Waals surface area contributed by atoms with Gasteiger partial charge in [-0.25, -0.2) is 0 Å². The van der Waals surface area contributed by atoms with E-state index in [0.717, 1.165) is 5.69 Å². The summed E-state index contributed by atoms with van der Waals surface area (Å²) in [6.07, 6.45) is 3.26. The SMILES string of the molecule is COc1ccc(OC)c(N(C)CC(=O)Nc2cccnc2)c1. The van der Waals surface area contributed by atoms with Crippen molar-refractivity contribution < 1.29 is 14.3 Å². The number of aromatic nitrogens is 1. The van der Waals surface area contributed by atoms with E-state index in [0.29, 0.717) is 17.2 Å². The van der Waals surface area contributed by atoms with Gasteiger partial charge in [-0.15, -0.1) is 0 Å². The van der Waals surface area contributed by atoms with Crippen LogP contribution >= 0.6 is 0 Å². The number of carbonyl (C=O) groups is 1. The maximum Gasteiger partial charge on any atom is 0.243 e. The zero-order chi connectivity index (χ0) is 15.9. The van der Waals surface area contributed by atoms with Gasteiger partial charge in [0.1, 0.15) is 11.5 Å². The van der Waals surface area contributed by atoms with Crippen molar-refractivity contribution in [2.24, 2.45) is 0 Å². The summed E-state index contributed by atoms with van der Waals surface area (Å²) in [5.41, 5.74) is 1.45.